The highest BCUT2D eigenvalue weighted by molar-refractivity contribution is 7.98. The minimum Gasteiger partial charge on any atom is -0.380 e. The van der Waals surface area contributed by atoms with E-state index < -0.39 is 5.60 Å². The van der Waals surface area contributed by atoms with Crippen molar-refractivity contribution in [3.63, 3.8) is 0 Å². The Balaban J connectivity index is 2.08. The number of thioether (sulfide) groups is 1. The summed E-state index contributed by atoms with van der Waals surface area (Å²) in [4.78, 5) is 1.22. The minimum atomic E-state index is -0.915. The Morgan fingerprint density at radius 2 is 1.59 bits per heavy atom. The summed E-state index contributed by atoms with van der Waals surface area (Å²) < 4.78 is 0. The maximum atomic E-state index is 11.5. The van der Waals surface area contributed by atoms with Crippen LogP contribution in [-0.2, 0) is 5.60 Å². The first-order chi connectivity index (χ1) is 10.4. The second kappa shape index (κ2) is 5.60. The molecule has 0 fully saturated rings. The monoisotopic (exact) mass is 310 g/mol. The molecule has 0 saturated carbocycles. The van der Waals surface area contributed by atoms with Crippen molar-refractivity contribution in [3.05, 3.63) is 71.8 Å². The lowest BCUT2D eigenvalue weighted by molar-refractivity contribution is 0.0755. The Hall–Kier alpha value is -1.51. The Morgan fingerprint density at radius 3 is 2.18 bits per heavy atom. The van der Waals surface area contributed by atoms with E-state index in [9.17, 15) is 5.11 Å². The predicted molar refractivity (Wildman–Crippen MR) is 94.9 cm³/mol. The summed E-state index contributed by atoms with van der Waals surface area (Å²) in [5.41, 5.74) is 2.17. The lowest BCUT2D eigenvalue weighted by Gasteiger charge is -2.30. The molecule has 1 unspecified atom stereocenters. The third-order valence-electron chi connectivity index (χ3n) is 4.34. The van der Waals surface area contributed by atoms with Gasteiger partial charge in [-0.2, -0.15) is 0 Å². The fourth-order valence-electron chi connectivity index (χ4n) is 3.38. The summed E-state index contributed by atoms with van der Waals surface area (Å²) >= 11 is 1.72. The molecular formula is C20H22OS. The van der Waals surface area contributed by atoms with Crippen molar-refractivity contribution in [2.45, 2.75) is 30.8 Å². The van der Waals surface area contributed by atoms with Crippen LogP contribution in [0.2, 0.25) is 0 Å². The van der Waals surface area contributed by atoms with Gasteiger partial charge < -0.3 is 5.11 Å². The van der Waals surface area contributed by atoms with E-state index in [-0.39, 0.29) is 5.41 Å². The normalized spacial score (nSPS) is 23.4. The molecule has 0 radical (unpaired) electrons. The van der Waals surface area contributed by atoms with Crippen molar-refractivity contribution in [3.8, 4) is 0 Å². The smallest absolute Gasteiger partial charge is 0.116 e. The van der Waals surface area contributed by atoms with E-state index in [1.807, 2.05) is 18.2 Å². The van der Waals surface area contributed by atoms with Crippen LogP contribution in [0.25, 0.3) is 5.57 Å². The maximum absolute atomic E-state index is 11.5. The molecule has 0 saturated heterocycles. The average molecular weight is 310 g/mol. The van der Waals surface area contributed by atoms with Gasteiger partial charge in [0.15, 0.2) is 0 Å². The fraction of sp³-hybridized carbons (Fsp3) is 0.300. The standard InChI is InChI=1S/C20H22OS/c1-19(2)13-18(15-7-5-4-6-8-15)20(21,14-19)16-9-11-17(22-3)12-10-16/h4-13,21H,14H2,1-3H3. The highest BCUT2D eigenvalue weighted by atomic mass is 32.2. The first kappa shape index (κ1) is 15.4. The number of benzene rings is 2. The van der Waals surface area contributed by atoms with Crippen molar-refractivity contribution < 1.29 is 5.11 Å². The lowest BCUT2D eigenvalue weighted by atomic mass is 9.81. The van der Waals surface area contributed by atoms with Crippen LogP contribution < -0.4 is 0 Å². The van der Waals surface area contributed by atoms with E-state index in [0.29, 0.717) is 6.42 Å². The van der Waals surface area contributed by atoms with Crippen LogP contribution in [0.4, 0.5) is 0 Å². The number of hydrogen-bond acceptors (Lipinski definition) is 2. The van der Waals surface area contributed by atoms with Crippen LogP contribution in [0.3, 0.4) is 0 Å². The first-order valence-electron chi connectivity index (χ1n) is 7.60. The van der Waals surface area contributed by atoms with Gasteiger partial charge in [0.05, 0.1) is 0 Å². The maximum Gasteiger partial charge on any atom is 0.116 e. The van der Waals surface area contributed by atoms with Crippen molar-refractivity contribution in [1.29, 1.82) is 0 Å². The molecule has 0 amide bonds. The lowest BCUT2D eigenvalue weighted by Crippen LogP contribution is -2.27. The van der Waals surface area contributed by atoms with Gasteiger partial charge in [-0.15, -0.1) is 11.8 Å². The zero-order valence-corrected chi connectivity index (χ0v) is 14.2. The Morgan fingerprint density at radius 1 is 0.955 bits per heavy atom. The van der Waals surface area contributed by atoms with E-state index >= 15 is 0 Å². The summed E-state index contributed by atoms with van der Waals surface area (Å²) in [5.74, 6) is 0. The predicted octanol–water partition coefficient (Wildman–Crippen LogP) is 5.11. The molecule has 2 aromatic carbocycles. The zero-order valence-electron chi connectivity index (χ0n) is 13.3. The topological polar surface area (TPSA) is 20.2 Å². The summed E-state index contributed by atoms with van der Waals surface area (Å²) in [6.45, 7) is 4.37. The summed E-state index contributed by atoms with van der Waals surface area (Å²) in [6.07, 6.45) is 5.01. The summed E-state index contributed by atoms with van der Waals surface area (Å²) in [7, 11) is 0. The fourth-order valence-corrected chi connectivity index (χ4v) is 3.79. The van der Waals surface area contributed by atoms with Gasteiger partial charge in [0.25, 0.3) is 0 Å². The molecule has 22 heavy (non-hydrogen) atoms. The van der Waals surface area contributed by atoms with Crippen molar-refractivity contribution >= 4 is 17.3 Å². The van der Waals surface area contributed by atoms with Crippen molar-refractivity contribution in [1.82, 2.24) is 0 Å². The molecule has 1 nitrogen and oxygen atoms in total. The SMILES string of the molecule is CSc1ccc(C2(O)CC(C)(C)C=C2c2ccccc2)cc1. The van der Waals surface area contributed by atoms with Gasteiger partial charge in [0.1, 0.15) is 5.60 Å². The molecule has 2 heteroatoms. The molecule has 1 N–H and O–H groups in total. The van der Waals surface area contributed by atoms with E-state index in [2.05, 4.69) is 62.6 Å². The van der Waals surface area contributed by atoms with Gasteiger partial charge in [-0.05, 0) is 46.9 Å². The second-order valence-electron chi connectivity index (χ2n) is 6.68. The van der Waals surface area contributed by atoms with E-state index in [1.54, 1.807) is 11.8 Å². The summed E-state index contributed by atoms with van der Waals surface area (Å²) in [5, 5.41) is 11.5. The first-order valence-corrected chi connectivity index (χ1v) is 8.83. The minimum absolute atomic E-state index is 0.0158. The van der Waals surface area contributed by atoms with Crippen molar-refractivity contribution in [2.75, 3.05) is 6.26 Å². The van der Waals surface area contributed by atoms with E-state index in [4.69, 9.17) is 0 Å². The number of aliphatic hydroxyl groups is 1. The van der Waals surface area contributed by atoms with Crippen LogP contribution in [-0.4, -0.2) is 11.4 Å². The number of hydrogen-bond donors (Lipinski definition) is 1. The van der Waals surface area contributed by atoms with Gasteiger partial charge in [-0.1, -0.05) is 62.4 Å². The molecule has 2 aromatic rings. The van der Waals surface area contributed by atoms with Gasteiger partial charge in [0, 0.05) is 4.90 Å². The Labute approximate surface area is 137 Å². The molecule has 0 aliphatic heterocycles. The molecule has 0 spiro atoms. The van der Waals surface area contributed by atoms with Gasteiger partial charge in [-0.3, -0.25) is 0 Å². The van der Waals surface area contributed by atoms with Crippen LogP contribution in [0, 0.1) is 5.41 Å². The van der Waals surface area contributed by atoms with Crippen LogP contribution in [0.15, 0.2) is 65.6 Å². The van der Waals surface area contributed by atoms with Gasteiger partial charge in [0.2, 0.25) is 0 Å². The molecule has 114 valence electrons. The van der Waals surface area contributed by atoms with E-state index in [0.717, 1.165) is 16.7 Å². The van der Waals surface area contributed by atoms with Gasteiger partial charge >= 0.3 is 0 Å². The van der Waals surface area contributed by atoms with E-state index in [1.165, 1.54) is 4.90 Å². The third-order valence-corrected chi connectivity index (χ3v) is 5.09. The van der Waals surface area contributed by atoms with Crippen LogP contribution in [0.1, 0.15) is 31.4 Å². The highest BCUT2D eigenvalue weighted by Crippen LogP contribution is 2.52. The van der Waals surface area contributed by atoms with Crippen LogP contribution in [0.5, 0.6) is 0 Å². The average Bonchev–Trinajstić information content (AvgIpc) is 2.79. The molecule has 0 heterocycles. The quantitative estimate of drug-likeness (QED) is 0.795. The number of allylic oxidation sites excluding steroid dienone is 1. The second-order valence-corrected chi connectivity index (χ2v) is 7.56. The molecule has 3 rings (SSSR count). The molecule has 1 aliphatic carbocycles. The molecule has 1 aliphatic rings. The zero-order chi connectivity index (χ0) is 15.8. The molecule has 0 bridgehead atoms. The Kier molecular flexibility index (Phi) is 3.92. The Bertz CT molecular complexity index is 685. The summed E-state index contributed by atoms with van der Waals surface area (Å²) in [6, 6.07) is 18.5. The molecule has 0 aromatic heterocycles. The third kappa shape index (κ3) is 2.73. The molecular weight excluding hydrogens is 288 g/mol. The van der Waals surface area contributed by atoms with Crippen molar-refractivity contribution in [2.24, 2.45) is 5.41 Å². The van der Waals surface area contributed by atoms with Crippen LogP contribution >= 0.6 is 11.8 Å². The molecule has 1 atom stereocenters. The number of rotatable bonds is 3. The largest absolute Gasteiger partial charge is 0.380 e. The van der Waals surface area contributed by atoms with Gasteiger partial charge in [-0.25, -0.2) is 0 Å². The highest BCUT2D eigenvalue weighted by Gasteiger charge is 2.44.